The van der Waals surface area contributed by atoms with Gasteiger partial charge in [0.15, 0.2) is 5.65 Å². The van der Waals surface area contributed by atoms with Crippen LogP contribution in [0.5, 0.6) is 0 Å². The van der Waals surface area contributed by atoms with Crippen LogP contribution in [0.3, 0.4) is 0 Å². The van der Waals surface area contributed by atoms with Crippen molar-refractivity contribution in [1.82, 2.24) is 19.1 Å². The average Bonchev–Trinajstić information content (AvgIpc) is 2.85. The largest absolute Gasteiger partial charge is 0.384 e. The first-order valence-corrected chi connectivity index (χ1v) is 7.42. The summed E-state index contributed by atoms with van der Waals surface area (Å²) in [5.74, 6) is 0.506. The SMILES string of the molecule is CC(C)Cn1c(=O)n(C)c(=O)c2[nH]c(C(O)CBr)nc21. The van der Waals surface area contributed by atoms with Crippen LogP contribution in [0, 0.1) is 5.92 Å². The summed E-state index contributed by atoms with van der Waals surface area (Å²) in [7, 11) is 1.43. The summed E-state index contributed by atoms with van der Waals surface area (Å²) in [6, 6.07) is 0. The lowest BCUT2D eigenvalue weighted by molar-refractivity contribution is 0.196. The molecule has 2 N–H and O–H groups in total. The molecule has 0 saturated carbocycles. The van der Waals surface area contributed by atoms with Gasteiger partial charge in [0.2, 0.25) is 0 Å². The van der Waals surface area contributed by atoms with Crippen LogP contribution in [0.2, 0.25) is 0 Å². The van der Waals surface area contributed by atoms with Crippen LogP contribution in [0.25, 0.3) is 11.2 Å². The first kappa shape index (κ1) is 15.0. The van der Waals surface area contributed by atoms with E-state index in [0.717, 1.165) is 4.57 Å². The molecule has 0 saturated heterocycles. The number of hydrogen-bond donors (Lipinski definition) is 2. The molecule has 1 unspecified atom stereocenters. The van der Waals surface area contributed by atoms with Gasteiger partial charge in [-0.05, 0) is 5.92 Å². The zero-order valence-electron chi connectivity index (χ0n) is 11.6. The third-order valence-corrected chi connectivity index (χ3v) is 3.62. The van der Waals surface area contributed by atoms with E-state index in [-0.39, 0.29) is 17.3 Å². The van der Waals surface area contributed by atoms with Gasteiger partial charge in [-0.3, -0.25) is 13.9 Å². The molecular weight excluding hydrogens is 328 g/mol. The van der Waals surface area contributed by atoms with Crippen LogP contribution in [0.15, 0.2) is 9.59 Å². The van der Waals surface area contributed by atoms with Gasteiger partial charge in [0.05, 0.1) is 0 Å². The highest BCUT2D eigenvalue weighted by Crippen LogP contribution is 2.15. The Morgan fingerprint density at radius 3 is 2.60 bits per heavy atom. The van der Waals surface area contributed by atoms with Gasteiger partial charge in [-0.2, -0.15) is 0 Å². The molecule has 0 aliphatic rings. The molecule has 7 nitrogen and oxygen atoms in total. The first-order valence-electron chi connectivity index (χ1n) is 6.30. The Bertz CT molecular complexity index is 743. The van der Waals surface area contributed by atoms with Gasteiger partial charge in [-0.25, -0.2) is 9.78 Å². The molecule has 2 aromatic rings. The van der Waals surface area contributed by atoms with E-state index < -0.39 is 17.4 Å². The molecule has 20 heavy (non-hydrogen) atoms. The van der Waals surface area contributed by atoms with Crippen molar-refractivity contribution in [2.24, 2.45) is 13.0 Å². The summed E-state index contributed by atoms with van der Waals surface area (Å²) in [5.41, 5.74) is -0.308. The normalized spacial score (nSPS) is 13.3. The summed E-state index contributed by atoms with van der Waals surface area (Å²) < 4.78 is 2.51. The van der Waals surface area contributed by atoms with Crippen LogP contribution in [-0.4, -0.2) is 29.5 Å². The topological polar surface area (TPSA) is 92.9 Å². The highest BCUT2D eigenvalue weighted by Gasteiger charge is 2.19. The number of aromatic nitrogens is 4. The molecule has 0 aliphatic heterocycles. The quantitative estimate of drug-likeness (QED) is 0.790. The lowest BCUT2D eigenvalue weighted by Crippen LogP contribution is -2.38. The molecule has 0 bridgehead atoms. The zero-order chi connectivity index (χ0) is 15.0. The predicted octanol–water partition coefficient (Wildman–Crippen LogP) is 0.508. The Morgan fingerprint density at radius 2 is 2.05 bits per heavy atom. The standard InChI is InChI=1S/C12H17BrN4O3/c1-6(2)5-17-10-8(11(19)16(3)12(17)20)14-9(15-10)7(18)4-13/h6-7,18H,4-5H2,1-3H3,(H,14,15). The predicted molar refractivity (Wildman–Crippen MR) is 79.2 cm³/mol. The van der Waals surface area contributed by atoms with Gasteiger partial charge in [-0.1, -0.05) is 29.8 Å². The second kappa shape index (κ2) is 5.53. The number of aromatic amines is 1. The van der Waals surface area contributed by atoms with E-state index >= 15 is 0 Å². The Hall–Kier alpha value is -1.41. The van der Waals surface area contributed by atoms with Crippen LogP contribution in [0.1, 0.15) is 25.8 Å². The van der Waals surface area contributed by atoms with E-state index in [4.69, 9.17) is 0 Å². The fourth-order valence-electron chi connectivity index (χ4n) is 2.01. The maximum absolute atomic E-state index is 12.2. The number of halogens is 1. The number of nitrogens with one attached hydrogen (secondary N) is 1. The molecule has 0 aromatic carbocycles. The first-order chi connectivity index (χ1) is 9.36. The lowest BCUT2D eigenvalue weighted by Gasteiger charge is -2.10. The molecular formula is C12H17BrN4O3. The van der Waals surface area contributed by atoms with Gasteiger partial charge >= 0.3 is 5.69 Å². The smallest absolute Gasteiger partial charge is 0.332 e. The van der Waals surface area contributed by atoms with Gasteiger partial charge in [-0.15, -0.1) is 0 Å². The second-order valence-corrected chi connectivity index (χ2v) is 5.79. The number of fused-ring (bicyclic) bond motifs is 1. The number of nitrogens with zero attached hydrogens (tertiary/aromatic N) is 3. The molecule has 0 amide bonds. The van der Waals surface area contributed by atoms with E-state index in [1.165, 1.54) is 11.6 Å². The zero-order valence-corrected chi connectivity index (χ0v) is 13.1. The third-order valence-electron chi connectivity index (χ3n) is 3.00. The van der Waals surface area contributed by atoms with Crippen LogP contribution < -0.4 is 11.2 Å². The van der Waals surface area contributed by atoms with Crippen molar-refractivity contribution in [3.8, 4) is 0 Å². The minimum Gasteiger partial charge on any atom is -0.384 e. The highest BCUT2D eigenvalue weighted by molar-refractivity contribution is 9.09. The van der Waals surface area contributed by atoms with Crippen molar-refractivity contribution in [2.75, 3.05) is 5.33 Å². The molecule has 8 heteroatoms. The van der Waals surface area contributed by atoms with Gasteiger partial charge < -0.3 is 10.1 Å². The average molecular weight is 345 g/mol. The van der Waals surface area contributed by atoms with Crippen molar-refractivity contribution in [3.63, 3.8) is 0 Å². The van der Waals surface area contributed by atoms with Crippen molar-refractivity contribution < 1.29 is 5.11 Å². The van der Waals surface area contributed by atoms with Crippen molar-refractivity contribution >= 4 is 27.1 Å². The molecule has 2 rings (SSSR count). The summed E-state index contributed by atoms with van der Waals surface area (Å²) >= 11 is 3.15. The van der Waals surface area contributed by atoms with Crippen molar-refractivity contribution in [3.05, 3.63) is 26.7 Å². The van der Waals surface area contributed by atoms with Gasteiger partial charge in [0.1, 0.15) is 17.4 Å². The van der Waals surface area contributed by atoms with Crippen LogP contribution in [0.4, 0.5) is 0 Å². The Kier molecular flexibility index (Phi) is 4.14. The van der Waals surface area contributed by atoms with E-state index in [1.807, 2.05) is 13.8 Å². The molecule has 1 atom stereocenters. The number of aliphatic hydroxyl groups excluding tert-OH is 1. The number of imidazole rings is 1. The molecule has 0 fully saturated rings. The maximum atomic E-state index is 12.2. The highest BCUT2D eigenvalue weighted by atomic mass is 79.9. The van der Waals surface area contributed by atoms with E-state index in [0.29, 0.717) is 17.5 Å². The molecule has 110 valence electrons. The van der Waals surface area contributed by atoms with Gasteiger partial charge in [0, 0.05) is 18.9 Å². The second-order valence-electron chi connectivity index (χ2n) is 5.14. The van der Waals surface area contributed by atoms with Crippen LogP contribution >= 0.6 is 15.9 Å². The summed E-state index contributed by atoms with van der Waals surface area (Å²) in [4.78, 5) is 31.3. The fourth-order valence-corrected chi connectivity index (χ4v) is 2.32. The molecule has 2 heterocycles. The third kappa shape index (κ3) is 2.45. The Balaban J connectivity index is 2.80. The summed E-state index contributed by atoms with van der Waals surface area (Å²) in [5, 5.41) is 10.1. The van der Waals surface area contributed by atoms with Crippen molar-refractivity contribution in [1.29, 1.82) is 0 Å². The van der Waals surface area contributed by atoms with Crippen molar-refractivity contribution in [2.45, 2.75) is 26.5 Å². The Morgan fingerprint density at radius 1 is 1.40 bits per heavy atom. The minimum atomic E-state index is -0.852. The lowest BCUT2D eigenvalue weighted by atomic mass is 10.2. The summed E-state index contributed by atoms with van der Waals surface area (Å²) in [6.07, 6.45) is -0.852. The number of H-pyrrole nitrogens is 1. The Labute approximate surface area is 123 Å². The fraction of sp³-hybridized carbons (Fsp3) is 0.583. The number of hydrogen-bond acceptors (Lipinski definition) is 4. The van der Waals surface area contributed by atoms with E-state index in [1.54, 1.807) is 0 Å². The van der Waals surface area contributed by atoms with E-state index in [2.05, 4.69) is 25.9 Å². The van der Waals surface area contributed by atoms with Gasteiger partial charge in [0.25, 0.3) is 5.56 Å². The molecule has 0 radical (unpaired) electrons. The monoisotopic (exact) mass is 344 g/mol. The van der Waals surface area contributed by atoms with Crippen LogP contribution in [-0.2, 0) is 13.6 Å². The number of alkyl halides is 1. The minimum absolute atomic E-state index is 0.231. The number of aliphatic hydroxyl groups is 1. The maximum Gasteiger partial charge on any atom is 0.332 e. The number of rotatable bonds is 4. The summed E-state index contributed by atoms with van der Waals surface area (Å²) in [6.45, 7) is 4.41. The van der Waals surface area contributed by atoms with E-state index in [9.17, 15) is 14.7 Å². The molecule has 0 aliphatic carbocycles. The molecule has 2 aromatic heterocycles. The molecule has 0 spiro atoms.